The van der Waals surface area contributed by atoms with Gasteiger partial charge in [0.15, 0.2) is 17.2 Å². The summed E-state index contributed by atoms with van der Waals surface area (Å²) in [6.07, 6.45) is 4.44. The van der Waals surface area contributed by atoms with Gasteiger partial charge >= 0.3 is 118 Å². The van der Waals surface area contributed by atoms with Gasteiger partial charge in [-0.2, -0.15) is 0 Å². The molecule has 0 amide bonds. The summed E-state index contributed by atoms with van der Waals surface area (Å²) in [5.41, 5.74) is -5.17. The molecule has 162 valence electrons. The van der Waals surface area contributed by atoms with Crippen molar-refractivity contribution in [1.29, 1.82) is 0 Å². The number of allylic oxidation sites excluding steroid dienone is 4. The van der Waals surface area contributed by atoms with Gasteiger partial charge in [-0.15, -0.1) is 0 Å². The zero-order valence-corrected chi connectivity index (χ0v) is 16.6. The molecule has 4 rings (SSSR count). The summed E-state index contributed by atoms with van der Waals surface area (Å²) >= 11 is 0. The van der Waals surface area contributed by atoms with Crippen LogP contribution in [0.1, 0.15) is 46.5 Å². The second-order valence-corrected chi connectivity index (χ2v) is 9.75. The summed E-state index contributed by atoms with van der Waals surface area (Å²) in [5.74, 6) is -2.12. The Morgan fingerprint density at radius 2 is 1.78 bits per heavy atom. The van der Waals surface area contributed by atoms with Crippen LogP contribution in [0.3, 0.4) is 0 Å². The van der Waals surface area contributed by atoms with Crippen LogP contribution in [0.25, 0.3) is 0 Å². The van der Waals surface area contributed by atoms with Gasteiger partial charge in [-0.05, 0) is 56.6 Å². The molecular formula is C22H33FNa4O5. The van der Waals surface area contributed by atoms with Crippen molar-refractivity contribution in [3.05, 3.63) is 23.8 Å². The van der Waals surface area contributed by atoms with Crippen molar-refractivity contribution >= 4 is 130 Å². The molecule has 32 heavy (non-hydrogen) atoms. The molecule has 0 aromatic rings. The van der Waals surface area contributed by atoms with Crippen molar-refractivity contribution in [2.45, 2.75) is 63.8 Å². The van der Waals surface area contributed by atoms with E-state index in [1.807, 2.05) is 0 Å². The third kappa shape index (κ3) is 4.35. The van der Waals surface area contributed by atoms with E-state index in [2.05, 4.69) is 0 Å². The number of rotatable bonds is 2. The summed E-state index contributed by atoms with van der Waals surface area (Å²) in [6, 6.07) is 0. The molecule has 0 saturated heterocycles. The van der Waals surface area contributed by atoms with Crippen LogP contribution in [-0.2, 0) is 9.59 Å². The molecule has 4 aliphatic rings. The average Bonchev–Trinajstić information content (AvgIpc) is 2.84. The molecule has 3 N–H and O–H groups in total. The predicted octanol–water partition coefficient (Wildman–Crippen LogP) is -0.698. The summed E-state index contributed by atoms with van der Waals surface area (Å²) in [5, 5.41) is 32.0. The molecule has 5 nitrogen and oxygen atoms in total. The standard InChI is InChI=1S/C22H29FO5.4Na.4H/c1-12-8-16-15-5-4-13-9-14(25)6-7-19(13,2)21(15,23)17(26)10-20(16,3)22(12,28)18(27)11-24;;;;;;;;/h6-7,9,12,15-17,24,26,28H,4-5,8,10-11H2,1-3H3;;;;;;;;/t12-,15-,16-,17-,19-,20-,21-,22-;;;;;;;;/m0......../s1. The Kier molecular flexibility index (Phi) is 12.5. The van der Waals surface area contributed by atoms with Gasteiger partial charge in [0.05, 0.1) is 6.10 Å². The summed E-state index contributed by atoms with van der Waals surface area (Å²) in [4.78, 5) is 24.4. The Labute approximate surface area is 278 Å². The number of hydrogen-bond acceptors (Lipinski definition) is 5. The van der Waals surface area contributed by atoms with Crippen LogP contribution in [0.5, 0.6) is 0 Å². The molecule has 0 radical (unpaired) electrons. The Morgan fingerprint density at radius 1 is 1.19 bits per heavy atom. The molecule has 10 heteroatoms. The van der Waals surface area contributed by atoms with E-state index in [0.29, 0.717) is 24.8 Å². The third-order valence-electron chi connectivity index (χ3n) is 8.79. The minimum atomic E-state index is -1.98. The number of ketones is 2. The maximum absolute atomic E-state index is 16.9. The first-order valence-corrected chi connectivity index (χ1v) is 10.1. The van der Waals surface area contributed by atoms with Crippen molar-refractivity contribution in [1.82, 2.24) is 0 Å². The number of aliphatic hydroxyl groups is 3. The maximum atomic E-state index is 16.9. The minimum absolute atomic E-state index is 0. The van der Waals surface area contributed by atoms with Gasteiger partial charge in [0.1, 0.15) is 12.2 Å². The van der Waals surface area contributed by atoms with E-state index in [1.165, 1.54) is 12.2 Å². The summed E-state index contributed by atoms with van der Waals surface area (Å²) in [6.45, 7) is 4.48. The van der Waals surface area contributed by atoms with E-state index in [9.17, 15) is 24.9 Å². The molecule has 0 spiro atoms. The average molecular weight is 488 g/mol. The van der Waals surface area contributed by atoms with Crippen LogP contribution in [0.15, 0.2) is 23.8 Å². The quantitative estimate of drug-likeness (QED) is 0.447. The molecule has 4 aliphatic carbocycles. The van der Waals surface area contributed by atoms with Crippen LogP contribution in [0, 0.1) is 28.6 Å². The molecule has 0 aliphatic heterocycles. The number of fused-ring (bicyclic) bond motifs is 5. The van der Waals surface area contributed by atoms with Gasteiger partial charge in [0.2, 0.25) is 0 Å². The molecule has 8 atom stereocenters. The zero-order valence-electron chi connectivity index (χ0n) is 16.6. The Balaban J connectivity index is 0.00000240. The van der Waals surface area contributed by atoms with Crippen molar-refractivity contribution in [2.75, 3.05) is 6.61 Å². The Hall–Kier alpha value is 2.63. The molecule has 0 unspecified atom stereocenters. The van der Waals surface area contributed by atoms with Crippen molar-refractivity contribution in [3.8, 4) is 0 Å². The van der Waals surface area contributed by atoms with E-state index in [0.717, 1.165) is 0 Å². The summed E-state index contributed by atoms with van der Waals surface area (Å²) < 4.78 is 16.9. The third-order valence-corrected chi connectivity index (χ3v) is 8.79. The van der Waals surface area contributed by atoms with E-state index in [1.54, 1.807) is 26.8 Å². The molecule has 3 fully saturated rings. The first-order chi connectivity index (χ1) is 13.0. The van der Waals surface area contributed by atoms with E-state index in [-0.39, 0.29) is 136 Å². The fraction of sp³-hybridized carbons (Fsp3) is 0.727. The van der Waals surface area contributed by atoms with Crippen LogP contribution < -0.4 is 0 Å². The molecule has 0 aromatic carbocycles. The first kappa shape index (κ1) is 34.6. The fourth-order valence-corrected chi connectivity index (χ4v) is 7.26. The van der Waals surface area contributed by atoms with E-state index in [4.69, 9.17) is 0 Å². The van der Waals surface area contributed by atoms with Gasteiger partial charge < -0.3 is 15.3 Å². The second-order valence-electron chi connectivity index (χ2n) is 9.75. The van der Waals surface area contributed by atoms with E-state index < -0.39 is 52.4 Å². The topological polar surface area (TPSA) is 94.8 Å². The van der Waals surface area contributed by atoms with Gasteiger partial charge in [-0.1, -0.05) is 25.5 Å². The van der Waals surface area contributed by atoms with Crippen molar-refractivity contribution in [2.24, 2.45) is 28.6 Å². The molecular weight excluding hydrogens is 455 g/mol. The Morgan fingerprint density at radius 3 is 2.34 bits per heavy atom. The van der Waals surface area contributed by atoms with Gasteiger partial charge in [0, 0.05) is 16.7 Å². The zero-order chi connectivity index (χ0) is 20.7. The number of carbonyl (C=O) groups is 2. The normalized spacial score (nSPS) is 46.0. The van der Waals surface area contributed by atoms with E-state index >= 15 is 4.39 Å². The van der Waals surface area contributed by atoms with Crippen LogP contribution >= 0.6 is 0 Å². The molecule has 3 saturated carbocycles. The number of halogens is 1. The predicted molar refractivity (Wildman–Crippen MR) is 129 cm³/mol. The van der Waals surface area contributed by atoms with Crippen molar-refractivity contribution < 1.29 is 29.3 Å². The van der Waals surface area contributed by atoms with Crippen LogP contribution in [-0.4, -0.2) is 169 Å². The van der Waals surface area contributed by atoms with Gasteiger partial charge in [0.25, 0.3) is 0 Å². The molecule has 0 aromatic heterocycles. The first-order valence-electron chi connectivity index (χ1n) is 10.1. The number of carbonyl (C=O) groups excluding carboxylic acids is 2. The van der Waals surface area contributed by atoms with Gasteiger partial charge in [-0.25, -0.2) is 4.39 Å². The fourth-order valence-electron chi connectivity index (χ4n) is 7.26. The second kappa shape index (κ2) is 11.6. The van der Waals surface area contributed by atoms with Crippen LogP contribution in [0.2, 0.25) is 0 Å². The number of aliphatic hydroxyl groups excluding tert-OH is 2. The van der Waals surface area contributed by atoms with Crippen LogP contribution in [0.4, 0.5) is 4.39 Å². The Bertz CT molecular complexity index is 822. The number of Topliss-reactive ketones (excluding diaryl/α,β-unsaturated/α-hetero) is 1. The summed E-state index contributed by atoms with van der Waals surface area (Å²) in [7, 11) is 0. The number of alkyl halides is 1. The number of hydrogen-bond donors (Lipinski definition) is 3. The molecule has 0 heterocycles. The SMILES string of the molecule is C[C@H]1C[C@H]2[C@@H]3CCC4=CC(=O)C=C[C@]4(C)[C@@]3(F)[C@@H](O)C[C@]2(C)[C@@]1(O)C(=O)CO.[NaH].[NaH].[NaH].[NaH]. The van der Waals surface area contributed by atoms with Gasteiger partial charge in [-0.3, -0.25) is 9.59 Å². The monoisotopic (exact) mass is 488 g/mol. The van der Waals surface area contributed by atoms with Crippen molar-refractivity contribution in [3.63, 3.8) is 0 Å². The molecule has 0 bridgehead atoms.